The molecule has 0 aliphatic heterocycles. The van der Waals surface area contributed by atoms with Crippen LogP contribution in [-0.4, -0.2) is 24.8 Å². The number of halogens is 2. The van der Waals surface area contributed by atoms with Gasteiger partial charge in [-0.15, -0.1) is 0 Å². The molecule has 20 heavy (non-hydrogen) atoms. The Labute approximate surface area is 128 Å². The van der Waals surface area contributed by atoms with Crippen LogP contribution in [0, 0.1) is 0 Å². The van der Waals surface area contributed by atoms with Crippen LogP contribution in [0.4, 0.5) is 11.4 Å². The van der Waals surface area contributed by atoms with E-state index in [-0.39, 0.29) is 16.4 Å². The van der Waals surface area contributed by atoms with Gasteiger partial charge in [0.2, 0.25) is 5.91 Å². The van der Waals surface area contributed by atoms with E-state index in [1.165, 1.54) is 32.9 Å². The van der Waals surface area contributed by atoms with Crippen molar-refractivity contribution in [3.63, 3.8) is 0 Å². The molecule has 8 heteroatoms. The summed E-state index contributed by atoms with van der Waals surface area (Å²) in [5.74, 6) is -1.34. The number of carbonyl (C=O) groups is 1. The smallest absolute Gasteiger partial charge is 0.239 e. The average molecular weight is 339 g/mol. The zero-order chi connectivity index (χ0) is 15.7. The maximum Gasteiger partial charge on any atom is 0.239 e. The van der Waals surface area contributed by atoms with E-state index < -0.39 is 26.2 Å². The molecule has 0 spiro atoms. The Bertz CT molecular complexity index is 614. The highest BCUT2D eigenvalue weighted by molar-refractivity contribution is 7.93. The molecule has 0 aromatic heterocycles. The lowest BCUT2D eigenvalue weighted by atomic mass is 10.2. The Morgan fingerprint density at radius 1 is 1.30 bits per heavy atom. The summed E-state index contributed by atoms with van der Waals surface area (Å²) in [6.07, 6.45) is 0. The van der Waals surface area contributed by atoms with Gasteiger partial charge >= 0.3 is 0 Å². The van der Waals surface area contributed by atoms with Crippen molar-refractivity contribution in [2.45, 2.75) is 25.5 Å². The van der Waals surface area contributed by atoms with Gasteiger partial charge in [0.25, 0.3) is 0 Å². The van der Waals surface area contributed by atoms with Gasteiger partial charge in [-0.2, -0.15) is 0 Å². The highest BCUT2D eigenvalue weighted by Gasteiger charge is 2.31. The molecule has 0 heterocycles. The van der Waals surface area contributed by atoms with Crippen molar-refractivity contribution >= 4 is 50.3 Å². The van der Waals surface area contributed by atoms with Crippen LogP contribution < -0.4 is 11.1 Å². The van der Waals surface area contributed by atoms with E-state index in [1.807, 2.05) is 0 Å². The lowest BCUT2D eigenvalue weighted by Gasteiger charge is -2.19. The van der Waals surface area contributed by atoms with Gasteiger partial charge in [-0.05, 0) is 32.9 Å². The van der Waals surface area contributed by atoms with E-state index in [1.54, 1.807) is 0 Å². The summed E-state index contributed by atoms with van der Waals surface area (Å²) in [5, 5.41) is 2.88. The number of sulfone groups is 1. The van der Waals surface area contributed by atoms with Crippen LogP contribution in [0.25, 0.3) is 0 Å². The SMILES string of the molecule is CC(C)(C)S(=O)(=O)CC(=O)Nc1c(N)cc(Cl)cc1Cl. The third kappa shape index (κ3) is 4.01. The molecule has 3 N–H and O–H groups in total. The number of benzene rings is 1. The Morgan fingerprint density at radius 2 is 1.85 bits per heavy atom. The number of rotatable bonds is 3. The molecule has 0 unspecified atom stereocenters. The van der Waals surface area contributed by atoms with Crippen molar-refractivity contribution in [1.29, 1.82) is 0 Å². The summed E-state index contributed by atoms with van der Waals surface area (Å²) in [4.78, 5) is 11.8. The number of nitrogen functional groups attached to an aromatic ring is 1. The fourth-order valence-corrected chi connectivity index (χ4v) is 2.70. The van der Waals surface area contributed by atoms with Crippen molar-refractivity contribution in [2.24, 2.45) is 0 Å². The molecular weight excluding hydrogens is 323 g/mol. The van der Waals surface area contributed by atoms with E-state index in [0.29, 0.717) is 5.02 Å². The fraction of sp³-hybridized carbons (Fsp3) is 0.417. The van der Waals surface area contributed by atoms with E-state index in [0.717, 1.165) is 0 Å². The number of anilines is 2. The molecule has 1 aromatic rings. The highest BCUT2D eigenvalue weighted by Crippen LogP contribution is 2.32. The molecule has 0 radical (unpaired) electrons. The summed E-state index contributed by atoms with van der Waals surface area (Å²) in [6, 6.07) is 2.83. The first-order valence-corrected chi connectivity index (χ1v) is 8.11. The van der Waals surface area contributed by atoms with Gasteiger partial charge in [-0.3, -0.25) is 4.79 Å². The first-order valence-electron chi connectivity index (χ1n) is 5.71. The van der Waals surface area contributed by atoms with Crippen molar-refractivity contribution < 1.29 is 13.2 Å². The molecule has 0 atom stereocenters. The molecule has 5 nitrogen and oxygen atoms in total. The van der Waals surface area contributed by atoms with Crippen molar-refractivity contribution in [2.75, 3.05) is 16.8 Å². The second kappa shape index (κ2) is 5.79. The number of nitrogens with one attached hydrogen (secondary N) is 1. The summed E-state index contributed by atoms with van der Waals surface area (Å²) < 4.78 is 22.8. The van der Waals surface area contributed by atoms with E-state index >= 15 is 0 Å². The quantitative estimate of drug-likeness (QED) is 0.829. The fourth-order valence-electron chi connectivity index (χ4n) is 1.29. The third-order valence-corrected chi connectivity index (χ3v) is 5.63. The minimum atomic E-state index is -3.57. The molecule has 0 fully saturated rings. The molecule has 1 amide bonds. The van der Waals surface area contributed by atoms with Gasteiger partial charge in [-0.25, -0.2) is 8.42 Å². The van der Waals surface area contributed by atoms with Gasteiger partial charge in [0.05, 0.1) is 21.1 Å². The number of carbonyl (C=O) groups excluding carboxylic acids is 1. The van der Waals surface area contributed by atoms with Crippen LogP contribution in [0.5, 0.6) is 0 Å². The predicted octanol–water partition coefficient (Wildman–Crippen LogP) is 2.73. The van der Waals surface area contributed by atoms with Crippen molar-refractivity contribution in [3.05, 3.63) is 22.2 Å². The molecule has 1 rings (SSSR count). The monoisotopic (exact) mass is 338 g/mol. The second-order valence-corrected chi connectivity index (χ2v) is 8.86. The second-order valence-electron chi connectivity index (χ2n) is 5.27. The van der Waals surface area contributed by atoms with Crippen LogP contribution in [0.15, 0.2) is 12.1 Å². The highest BCUT2D eigenvalue weighted by atomic mass is 35.5. The van der Waals surface area contributed by atoms with Crippen LogP contribution in [0.1, 0.15) is 20.8 Å². The standard InChI is InChI=1S/C12H16Cl2N2O3S/c1-12(2,3)20(18,19)6-10(17)16-11-8(14)4-7(13)5-9(11)15/h4-5H,6,15H2,1-3H3,(H,16,17). The maximum absolute atomic E-state index is 11.9. The molecule has 0 aliphatic carbocycles. The molecule has 1 aromatic carbocycles. The summed E-state index contributed by atoms with van der Waals surface area (Å²) in [7, 11) is -3.57. The summed E-state index contributed by atoms with van der Waals surface area (Å²) >= 11 is 11.7. The first kappa shape index (κ1) is 17.1. The van der Waals surface area contributed by atoms with E-state index in [4.69, 9.17) is 28.9 Å². The van der Waals surface area contributed by atoms with Gasteiger partial charge in [0.1, 0.15) is 5.75 Å². The number of hydrogen-bond acceptors (Lipinski definition) is 4. The predicted molar refractivity (Wildman–Crippen MR) is 83.0 cm³/mol. The minimum absolute atomic E-state index is 0.150. The normalized spacial score (nSPS) is 12.2. The lowest BCUT2D eigenvalue weighted by molar-refractivity contribution is -0.113. The molecule has 0 saturated carbocycles. The first-order chi connectivity index (χ1) is 8.94. The molecule has 0 bridgehead atoms. The molecular formula is C12H16Cl2N2O3S. The molecule has 0 aliphatic rings. The summed E-state index contributed by atoms with van der Waals surface area (Å²) in [5.41, 5.74) is 6.01. The van der Waals surface area contributed by atoms with Crippen molar-refractivity contribution in [1.82, 2.24) is 0 Å². The van der Waals surface area contributed by atoms with Gasteiger partial charge in [0, 0.05) is 5.02 Å². The topological polar surface area (TPSA) is 89.3 Å². The number of hydrogen-bond donors (Lipinski definition) is 2. The maximum atomic E-state index is 11.9. The largest absolute Gasteiger partial charge is 0.397 e. The Hall–Kier alpha value is -0.980. The van der Waals surface area contributed by atoms with Crippen LogP contribution >= 0.6 is 23.2 Å². The minimum Gasteiger partial charge on any atom is -0.397 e. The molecule has 0 saturated heterocycles. The zero-order valence-corrected chi connectivity index (χ0v) is 13.7. The van der Waals surface area contributed by atoms with E-state index in [2.05, 4.69) is 5.32 Å². The van der Waals surface area contributed by atoms with Gasteiger partial charge in [0.15, 0.2) is 9.84 Å². The van der Waals surface area contributed by atoms with Crippen LogP contribution in [0.3, 0.4) is 0 Å². The average Bonchev–Trinajstić information content (AvgIpc) is 2.20. The summed E-state index contributed by atoms with van der Waals surface area (Å²) in [6.45, 7) is 4.58. The lowest BCUT2D eigenvalue weighted by Crippen LogP contribution is -2.35. The van der Waals surface area contributed by atoms with E-state index in [9.17, 15) is 13.2 Å². The Kier molecular flexibility index (Phi) is 4.94. The van der Waals surface area contributed by atoms with Gasteiger partial charge < -0.3 is 11.1 Å². The number of amides is 1. The Balaban J connectivity index is 2.94. The third-order valence-electron chi connectivity index (χ3n) is 2.60. The van der Waals surface area contributed by atoms with Gasteiger partial charge in [-0.1, -0.05) is 23.2 Å². The number of nitrogens with two attached hydrogens (primary N) is 1. The molecule has 112 valence electrons. The Morgan fingerprint density at radius 3 is 2.30 bits per heavy atom. The zero-order valence-electron chi connectivity index (χ0n) is 11.3. The van der Waals surface area contributed by atoms with Crippen LogP contribution in [0.2, 0.25) is 10.0 Å². The van der Waals surface area contributed by atoms with Crippen molar-refractivity contribution in [3.8, 4) is 0 Å². The van der Waals surface area contributed by atoms with Crippen LogP contribution in [-0.2, 0) is 14.6 Å².